The van der Waals surface area contributed by atoms with Gasteiger partial charge in [-0.25, -0.2) is 0 Å². The Kier molecular flexibility index (Phi) is 8.45. The molecule has 184 valence electrons. The number of benzene rings is 1. The number of carbonyl (C=O) groups excluding carboxylic acids is 1. The van der Waals surface area contributed by atoms with Crippen LogP contribution in [0, 0.1) is 11.8 Å². The molecule has 2 fully saturated rings. The summed E-state index contributed by atoms with van der Waals surface area (Å²) in [6.07, 6.45) is 6.04. The van der Waals surface area contributed by atoms with Crippen molar-refractivity contribution in [3.63, 3.8) is 0 Å². The van der Waals surface area contributed by atoms with Crippen molar-refractivity contribution in [2.24, 2.45) is 11.8 Å². The first kappa shape index (κ1) is 24.9. The number of rotatable bonds is 10. The number of aromatic nitrogens is 1. The third-order valence-electron chi connectivity index (χ3n) is 5.96. The number of hydrogen-bond acceptors (Lipinski definition) is 6. The molecular formula is C24H26Cl2F2N2O4. The smallest absolute Gasteiger partial charge is 0.387 e. The second-order valence-corrected chi connectivity index (χ2v) is 9.41. The lowest BCUT2D eigenvalue weighted by Crippen LogP contribution is -2.36. The lowest BCUT2D eigenvalue weighted by Gasteiger charge is -2.26. The molecule has 10 heteroatoms. The van der Waals surface area contributed by atoms with E-state index in [2.05, 4.69) is 15.0 Å². The van der Waals surface area contributed by atoms with Crippen LogP contribution >= 0.6 is 23.2 Å². The summed E-state index contributed by atoms with van der Waals surface area (Å²) in [5.41, 5.74) is 1.14. The number of carbonyl (C=O) groups is 1. The summed E-state index contributed by atoms with van der Waals surface area (Å²) >= 11 is 12.7. The van der Waals surface area contributed by atoms with Gasteiger partial charge in [-0.2, -0.15) is 8.78 Å². The van der Waals surface area contributed by atoms with E-state index in [0.717, 1.165) is 32.2 Å². The second-order valence-electron chi connectivity index (χ2n) is 8.59. The van der Waals surface area contributed by atoms with Crippen LogP contribution in [0.25, 0.3) is 0 Å². The van der Waals surface area contributed by atoms with Gasteiger partial charge in [0.2, 0.25) is 0 Å². The fourth-order valence-electron chi connectivity index (χ4n) is 3.86. The zero-order valence-corrected chi connectivity index (χ0v) is 20.0. The average molecular weight is 515 g/mol. The minimum absolute atomic E-state index is 0.0686. The molecule has 0 unspecified atom stereocenters. The predicted octanol–water partition coefficient (Wildman–Crippen LogP) is 5.61. The number of nitrogens with zero attached hydrogens (tertiary/aromatic N) is 1. The van der Waals surface area contributed by atoms with Gasteiger partial charge in [-0.15, -0.1) is 0 Å². The molecule has 34 heavy (non-hydrogen) atoms. The highest BCUT2D eigenvalue weighted by molar-refractivity contribution is 6.35. The normalized spacial score (nSPS) is 19.0. The first-order valence-electron chi connectivity index (χ1n) is 11.3. The SMILES string of the molecule is O=C(O[C@@H](Cc1c(Cl)cncc1Cl)c1ccc(OC(F)F)c(OCC2CC2)c1)[C@H]1CCCNC1. The van der Waals surface area contributed by atoms with Crippen LogP contribution in [-0.2, 0) is 16.0 Å². The molecule has 0 bridgehead atoms. The van der Waals surface area contributed by atoms with E-state index in [1.807, 2.05) is 0 Å². The van der Waals surface area contributed by atoms with Crippen molar-refractivity contribution in [1.29, 1.82) is 0 Å². The van der Waals surface area contributed by atoms with Crippen molar-refractivity contribution in [2.75, 3.05) is 19.7 Å². The Morgan fingerprint density at radius 3 is 2.56 bits per heavy atom. The van der Waals surface area contributed by atoms with Gasteiger partial charge in [-0.3, -0.25) is 9.78 Å². The van der Waals surface area contributed by atoms with Gasteiger partial charge in [-0.1, -0.05) is 29.3 Å². The fourth-order valence-corrected chi connectivity index (χ4v) is 4.38. The van der Waals surface area contributed by atoms with Crippen molar-refractivity contribution < 1.29 is 27.8 Å². The monoisotopic (exact) mass is 514 g/mol. The van der Waals surface area contributed by atoms with Gasteiger partial charge in [0.25, 0.3) is 0 Å². The summed E-state index contributed by atoms with van der Waals surface area (Å²) in [5, 5.41) is 3.89. The summed E-state index contributed by atoms with van der Waals surface area (Å²) in [4.78, 5) is 16.9. The molecule has 1 N–H and O–H groups in total. The second kappa shape index (κ2) is 11.5. The molecule has 0 amide bonds. The first-order chi connectivity index (χ1) is 16.4. The van der Waals surface area contributed by atoms with Crippen LogP contribution in [0.15, 0.2) is 30.6 Å². The number of piperidine rings is 1. The Hall–Kier alpha value is -2.16. The number of alkyl halides is 2. The molecule has 2 aliphatic rings. The van der Waals surface area contributed by atoms with E-state index in [0.29, 0.717) is 40.2 Å². The zero-order chi connectivity index (χ0) is 24.1. The van der Waals surface area contributed by atoms with E-state index in [1.165, 1.54) is 18.5 Å². The average Bonchev–Trinajstić information content (AvgIpc) is 3.65. The van der Waals surface area contributed by atoms with Crippen molar-refractivity contribution in [2.45, 2.75) is 44.8 Å². The van der Waals surface area contributed by atoms with E-state index >= 15 is 0 Å². The highest BCUT2D eigenvalue weighted by atomic mass is 35.5. The summed E-state index contributed by atoms with van der Waals surface area (Å²) in [5.74, 6) is -0.0960. The topological polar surface area (TPSA) is 69.7 Å². The Morgan fingerprint density at radius 2 is 1.91 bits per heavy atom. The molecule has 0 radical (unpaired) electrons. The standard InChI is InChI=1S/C24H26Cl2F2N2O4/c25-18-11-30-12-19(26)17(18)9-21(33-23(31)16-2-1-7-29-10-16)15-5-6-20(34-24(27)28)22(8-15)32-13-14-3-4-14/h5-6,8,11-12,14,16,21,24,29H,1-4,7,9-10,13H2/t16-,21-/m0/s1. The molecule has 1 saturated heterocycles. The van der Waals surface area contributed by atoms with Crippen LogP contribution in [0.2, 0.25) is 10.0 Å². The predicted molar refractivity (Wildman–Crippen MR) is 124 cm³/mol. The molecule has 0 spiro atoms. The molecule has 1 aliphatic heterocycles. The summed E-state index contributed by atoms with van der Waals surface area (Å²) in [7, 11) is 0. The molecule has 1 aliphatic carbocycles. The van der Waals surface area contributed by atoms with Crippen molar-refractivity contribution in [1.82, 2.24) is 10.3 Å². The summed E-state index contributed by atoms with van der Waals surface area (Å²) < 4.78 is 42.3. The minimum Gasteiger partial charge on any atom is -0.489 e. The van der Waals surface area contributed by atoms with Gasteiger partial charge in [-0.05, 0) is 61.4 Å². The highest BCUT2D eigenvalue weighted by Gasteiger charge is 2.29. The molecule has 6 nitrogen and oxygen atoms in total. The Balaban J connectivity index is 1.63. The van der Waals surface area contributed by atoms with E-state index in [1.54, 1.807) is 12.1 Å². The van der Waals surface area contributed by atoms with Crippen molar-refractivity contribution in [3.8, 4) is 11.5 Å². The fraction of sp³-hybridized carbons (Fsp3) is 0.500. The molecular weight excluding hydrogens is 489 g/mol. The van der Waals surface area contributed by atoms with Crippen LogP contribution in [0.5, 0.6) is 11.5 Å². The number of halogens is 4. The molecule has 2 heterocycles. The highest BCUT2D eigenvalue weighted by Crippen LogP contribution is 2.38. The lowest BCUT2D eigenvalue weighted by molar-refractivity contribution is -0.155. The third-order valence-corrected chi connectivity index (χ3v) is 6.61. The molecule has 1 aromatic heterocycles. The van der Waals surface area contributed by atoms with Gasteiger partial charge in [0.1, 0.15) is 6.10 Å². The number of ether oxygens (including phenoxy) is 3. The van der Waals surface area contributed by atoms with Crippen LogP contribution in [0.1, 0.15) is 42.9 Å². The van der Waals surface area contributed by atoms with Crippen LogP contribution in [0.4, 0.5) is 8.78 Å². The molecule has 2 aromatic rings. The summed E-state index contributed by atoms with van der Waals surface area (Å²) in [6.45, 7) is -1.18. The number of pyridine rings is 1. The van der Waals surface area contributed by atoms with Gasteiger partial charge in [0.15, 0.2) is 11.5 Å². The van der Waals surface area contributed by atoms with Gasteiger partial charge < -0.3 is 19.5 Å². The molecule has 2 atom stereocenters. The van der Waals surface area contributed by atoms with Gasteiger partial charge in [0.05, 0.1) is 22.6 Å². The quantitative estimate of drug-likeness (QED) is 0.416. The summed E-state index contributed by atoms with van der Waals surface area (Å²) in [6, 6.07) is 4.57. The van der Waals surface area contributed by atoms with Crippen LogP contribution < -0.4 is 14.8 Å². The maximum absolute atomic E-state index is 13.0. The Morgan fingerprint density at radius 1 is 1.15 bits per heavy atom. The third kappa shape index (κ3) is 6.71. The van der Waals surface area contributed by atoms with Crippen LogP contribution in [0.3, 0.4) is 0 Å². The van der Waals surface area contributed by atoms with E-state index in [-0.39, 0.29) is 29.8 Å². The number of nitrogens with one attached hydrogen (secondary N) is 1. The maximum atomic E-state index is 13.0. The van der Waals surface area contributed by atoms with E-state index in [9.17, 15) is 13.6 Å². The zero-order valence-electron chi connectivity index (χ0n) is 18.4. The number of hydrogen-bond donors (Lipinski definition) is 1. The molecule has 1 aromatic carbocycles. The molecule has 1 saturated carbocycles. The van der Waals surface area contributed by atoms with Gasteiger partial charge >= 0.3 is 12.6 Å². The molecule has 4 rings (SSSR count). The Labute approximate surface area is 206 Å². The van der Waals surface area contributed by atoms with Crippen LogP contribution in [-0.4, -0.2) is 37.3 Å². The van der Waals surface area contributed by atoms with E-state index < -0.39 is 12.7 Å². The first-order valence-corrected chi connectivity index (χ1v) is 12.1. The Bertz CT molecular complexity index is 981. The van der Waals surface area contributed by atoms with Crippen molar-refractivity contribution in [3.05, 3.63) is 51.8 Å². The van der Waals surface area contributed by atoms with Crippen molar-refractivity contribution >= 4 is 29.2 Å². The maximum Gasteiger partial charge on any atom is 0.387 e. The number of esters is 1. The van der Waals surface area contributed by atoms with Gasteiger partial charge in [0, 0.05) is 25.4 Å². The lowest BCUT2D eigenvalue weighted by atomic mass is 9.98. The largest absolute Gasteiger partial charge is 0.489 e. The van der Waals surface area contributed by atoms with E-state index in [4.69, 9.17) is 32.7 Å². The minimum atomic E-state index is -2.99.